The Morgan fingerprint density at radius 3 is 1.45 bits per heavy atom. The summed E-state index contributed by atoms with van der Waals surface area (Å²) in [5.41, 5.74) is -3.16. The molecule has 0 unspecified atom stereocenters. The largest absolute Gasteiger partial charge is 0.460 e. The first kappa shape index (κ1) is 29.3. The van der Waals surface area contributed by atoms with Crippen molar-refractivity contribution in [1.29, 1.82) is 0 Å². The summed E-state index contributed by atoms with van der Waals surface area (Å²) >= 11 is 0. The summed E-state index contributed by atoms with van der Waals surface area (Å²) in [6.07, 6.45) is 0. The van der Waals surface area contributed by atoms with Crippen molar-refractivity contribution in [2.45, 2.75) is 40.4 Å². The molecule has 2 rings (SSSR count). The van der Waals surface area contributed by atoms with Gasteiger partial charge in [0.2, 0.25) is 0 Å². The minimum atomic E-state index is -1.09. The number of hydrogen-bond acceptors (Lipinski definition) is 9. The van der Waals surface area contributed by atoms with Gasteiger partial charge in [0.15, 0.2) is 11.2 Å². The second-order valence-corrected chi connectivity index (χ2v) is 8.16. The van der Waals surface area contributed by atoms with E-state index in [0.717, 1.165) is 13.7 Å². The molecule has 0 saturated heterocycles. The molecular weight excluding hydrogens is 502 g/mol. The van der Waals surface area contributed by atoms with Crippen LogP contribution in [0.15, 0.2) is 50.8 Å². The first-order valence-corrected chi connectivity index (χ1v) is 11.2. The van der Waals surface area contributed by atoms with Gasteiger partial charge in [0.05, 0.1) is 24.3 Å². The molecule has 0 spiro atoms. The zero-order valence-corrected chi connectivity index (χ0v) is 21.3. The summed E-state index contributed by atoms with van der Waals surface area (Å²) in [6.45, 7) is 20.1. The molecule has 0 aliphatic carbocycles. The molecule has 14 heteroatoms. The topological polar surface area (TPSA) is 154 Å². The van der Waals surface area contributed by atoms with Gasteiger partial charge in [0, 0.05) is 16.7 Å². The van der Waals surface area contributed by atoms with E-state index in [-0.39, 0.29) is 72.0 Å². The zero-order chi connectivity index (χ0) is 28.7. The lowest BCUT2D eigenvalue weighted by molar-refractivity contribution is -0.140. The van der Waals surface area contributed by atoms with Crippen LogP contribution >= 0.6 is 0 Å². The van der Waals surface area contributed by atoms with Crippen molar-refractivity contribution in [1.82, 2.24) is 18.4 Å². The van der Waals surface area contributed by atoms with Crippen LogP contribution in [-0.2, 0) is 48.2 Å². The lowest BCUT2D eigenvalue weighted by Crippen LogP contribution is -2.39. The molecular formula is C24H27N5O9. The lowest BCUT2D eigenvalue weighted by Gasteiger charge is -2.11. The third-order valence-electron chi connectivity index (χ3n) is 5.05. The highest BCUT2D eigenvalue weighted by Gasteiger charge is 2.26. The molecule has 0 aromatic carbocycles. The maximum absolute atomic E-state index is 13.4. The number of hydrogen-bond donors (Lipinski definition) is 0. The highest BCUT2D eigenvalue weighted by atomic mass is 16.5. The summed E-state index contributed by atoms with van der Waals surface area (Å²) < 4.78 is 18.2. The average molecular weight is 530 g/mol. The summed E-state index contributed by atoms with van der Waals surface area (Å²) in [4.78, 5) is 77.8. The number of imidazole rings is 1. The maximum Gasteiger partial charge on any atom is 0.401 e. The van der Waals surface area contributed by atoms with E-state index in [4.69, 9.17) is 20.8 Å². The van der Waals surface area contributed by atoms with Crippen LogP contribution in [0.2, 0.25) is 0 Å². The Morgan fingerprint density at radius 1 is 0.711 bits per heavy atom. The molecule has 0 atom stereocenters. The highest BCUT2D eigenvalue weighted by Crippen LogP contribution is 2.10. The van der Waals surface area contributed by atoms with Crippen LogP contribution in [0.1, 0.15) is 20.8 Å². The smallest absolute Gasteiger partial charge is 0.401 e. The highest BCUT2D eigenvalue weighted by molar-refractivity contribution is 5.87. The van der Waals surface area contributed by atoms with Gasteiger partial charge in [-0.25, -0.2) is 24.0 Å². The van der Waals surface area contributed by atoms with Gasteiger partial charge in [-0.3, -0.25) is 18.5 Å². The van der Waals surface area contributed by atoms with Gasteiger partial charge in [0.25, 0.3) is 0 Å². The molecule has 0 radical (unpaired) electrons. The number of aromatic nitrogens is 4. The summed E-state index contributed by atoms with van der Waals surface area (Å²) in [7, 11) is 0. The third kappa shape index (κ3) is 6.25. The second kappa shape index (κ2) is 12.3. The Balaban J connectivity index is 2.69. The normalized spacial score (nSPS) is 10.5. The Morgan fingerprint density at radius 2 is 1.08 bits per heavy atom. The number of ether oxygens (including phenoxy) is 3. The van der Waals surface area contributed by atoms with Gasteiger partial charge < -0.3 is 14.2 Å². The number of carbonyl (C=O) groups is 3. The van der Waals surface area contributed by atoms with Crippen molar-refractivity contribution in [3.05, 3.63) is 79.3 Å². The van der Waals surface area contributed by atoms with E-state index >= 15 is 0 Å². The molecule has 0 bridgehead atoms. The number of nitrogens with zero attached hydrogens (tertiary/aromatic N) is 5. The first-order valence-electron chi connectivity index (χ1n) is 11.2. The molecule has 2 aromatic rings. The molecule has 0 amide bonds. The van der Waals surface area contributed by atoms with Crippen molar-refractivity contribution in [3.8, 4) is 0 Å². The molecule has 2 aromatic heterocycles. The molecule has 2 heterocycles. The molecule has 202 valence electrons. The van der Waals surface area contributed by atoms with Crippen LogP contribution in [0, 0.1) is 6.57 Å². The zero-order valence-electron chi connectivity index (χ0n) is 21.3. The van der Waals surface area contributed by atoms with E-state index in [1.807, 2.05) is 0 Å². The van der Waals surface area contributed by atoms with Crippen LogP contribution in [0.25, 0.3) is 16.1 Å². The van der Waals surface area contributed by atoms with Gasteiger partial charge in [-0.2, -0.15) is 6.57 Å². The van der Waals surface area contributed by atoms with Gasteiger partial charge >= 0.3 is 34.8 Å². The molecule has 38 heavy (non-hydrogen) atoms. The van der Waals surface area contributed by atoms with Crippen LogP contribution in [0.3, 0.4) is 0 Å². The predicted molar refractivity (Wildman–Crippen MR) is 134 cm³/mol. The van der Waals surface area contributed by atoms with Gasteiger partial charge in [-0.05, 0) is 20.8 Å². The quantitative estimate of drug-likeness (QED) is 0.162. The fraction of sp³-hybridized carbons (Fsp3) is 0.375. The van der Waals surface area contributed by atoms with E-state index in [9.17, 15) is 28.8 Å². The van der Waals surface area contributed by atoms with Crippen LogP contribution < -0.4 is 16.9 Å². The van der Waals surface area contributed by atoms with Crippen molar-refractivity contribution in [2.24, 2.45) is 0 Å². The van der Waals surface area contributed by atoms with Crippen molar-refractivity contribution >= 4 is 29.1 Å². The summed E-state index contributed by atoms with van der Waals surface area (Å²) in [5, 5.41) is 0. The first-order chi connectivity index (χ1) is 17.8. The third-order valence-corrected chi connectivity index (χ3v) is 5.05. The predicted octanol–water partition coefficient (Wildman–Crippen LogP) is 0.167. The van der Waals surface area contributed by atoms with Crippen LogP contribution in [0.4, 0.5) is 0 Å². The number of fused-ring (bicyclic) bond motifs is 1. The number of esters is 3. The lowest BCUT2D eigenvalue weighted by atomic mass is 10.4. The monoisotopic (exact) mass is 529 g/mol. The summed E-state index contributed by atoms with van der Waals surface area (Å²) in [5.74, 6) is -2.16. The summed E-state index contributed by atoms with van der Waals surface area (Å²) in [6, 6.07) is 0. The molecule has 0 aliphatic rings. The standard InChI is InChI=1S/C24H27N5O9/c1-14(2)20(31)36-11-8-26-17-18(27(23(26)34)9-12-37-21(32)15(3)4)28(10-13-38-22(33)16(5)6)24(35)29(25-7)19(17)30/h1,3,5,8-13H2,2,4,6H3. The van der Waals surface area contributed by atoms with Crippen LogP contribution in [-0.4, -0.2) is 56.1 Å². The fourth-order valence-corrected chi connectivity index (χ4v) is 3.21. The molecule has 0 N–H and O–H groups in total. The fourth-order valence-electron chi connectivity index (χ4n) is 3.21. The van der Waals surface area contributed by atoms with Gasteiger partial charge in [0.1, 0.15) is 19.8 Å². The van der Waals surface area contributed by atoms with E-state index in [0.29, 0.717) is 0 Å². The van der Waals surface area contributed by atoms with E-state index in [1.54, 1.807) is 0 Å². The van der Waals surface area contributed by atoms with Gasteiger partial charge in [-0.15, -0.1) is 4.95 Å². The Labute approximate surface area is 216 Å². The number of carbonyl (C=O) groups excluding carboxylic acids is 3. The maximum atomic E-state index is 13.4. The Hall–Kier alpha value is -4.93. The minimum absolute atomic E-state index is 0.111. The average Bonchev–Trinajstić information content (AvgIpc) is 3.12. The van der Waals surface area contributed by atoms with Crippen molar-refractivity contribution in [3.63, 3.8) is 0 Å². The second-order valence-electron chi connectivity index (χ2n) is 8.16. The molecule has 0 aliphatic heterocycles. The van der Waals surface area contributed by atoms with Gasteiger partial charge in [-0.1, -0.05) is 19.7 Å². The number of rotatable bonds is 12. The minimum Gasteiger partial charge on any atom is -0.460 e. The SMILES string of the molecule is [C-]#[N+]n1c(=O)c2c(n(CCOC(=O)C(=C)C)c1=O)n(CCOC(=O)C(=C)C)c(=O)n2CCOC(=O)C(=C)C. The Kier molecular flexibility index (Phi) is 9.52. The molecule has 0 saturated carbocycles. The van der Waals surface area contributed by atoms with Crippen molar-refractivity contribution in [2.75, 3.05) is 19.8 Å². The van der Waals surface area contributed by atoms with E-state index in [2.05, 4.69) is 24.7 Å². The molecule has 14 nitrogen and oxygen atoms in total. The van der Waals surface area contributed by atoms with Crippen LogP contribution in [0.5, 0.6) is 0 Å². The van der Waals surface area contributed by atoms with E-state index < -0.39 is 34.8 Å². The molecule has 0 fully saturated rings. The Bertz CT molecular complexity index is 1560. The van der Waals surface area contributed by atoms with Crippen molar-refractivity contribution < 1.29 is 28.6 Å². The van der Waals surface area contributed by atoms with E-state index in [1.165, 1.54) is 20.8 Å².